The summed E-state index contributed by atoms with van der Waals surface area (Å²) in [5.41, 5.74) is 9.65. The van der Waals surface area contributed by atoms with Crippen molar-refractivity contribution in [1.82, 2.24) is 25.1 Å². The Balaban J connectivity index is 0.000000201. The van der Waals surface area contributed by atoms with E-state index in [0.717, 1.165) is 144 Å². The van der Waals surface area contributed by atoms with Gasteiger partial charge in [0, 0.05) is 125 Å². The van der Waals surface area contributed by atoms with Crippen LogP contribution in [0.15, 0.2) is 150 Å². The van der Waals surface area contributed by atoms with Gasteiger partial charge in [0.15, 0.2) is 0 Å². The van der Waals surface area contributed by atoms with Gasteiger partial charge in [0.2, 0.25) is 25.3 Å². The molecule has 19 heteroatoms. The van der Waals surface area contributed by atoms with Crippen molar-refractivity contribution in [3.63, 3.8) is 0 Å². The molecule has 2 fully saturated rings. The van der Waals surface area contributed by atoms with Crippen LogP contribution < -0.4 is 44.5 Å². The summed E-state index contributed by atoms with van der Waals surface area (Å²) in [5.74, 6) is 2.73. The van der Waals surface area contributed by atoms with Gasteiger partial charge in [-0.3, -0.25) is 9.80 Å². The van der Waals surface area contributed by atoms with E-state index in [4.69, 9.17) is 38.9 Å². The maximum atomic E-state index is 12.0. The van der Waals surface area contributed by atoms with Crippen molar-refractivity contribution in [2.75, 3.05) is 115 Å². The molecule has 2 aliphatic heterocycles. The Labute approximate surface area is 595 Å². The quantitative estimate of drug-likeness (QED) is 0.0162. The molecule has 5 aromatic carbocycles. The molecule has 0 atom stereocenters. The second-order valence-electron chi connectivity index (χ2n) is 25.4. The van der Waals surface area contributed by atoms with E-state index in [2.05, 4.69) is 108 Å². The van der Waals surface area contributed by atoms with Gasteiger partial charge in [-0.2, -0.15) is 0 Å². The molecule has 9 aromatic rings. The summed E-state index contributed by atoms with van der Waals surface area (Å²) < 4.78 is 41.1. The third kappa shape index (κ3) is 26.3. The number of anilines is 2. The van der Waals surface area contributed by atoms with Gasteiger partial charge in [0.05, 0.1) is 24.2 Å². The Morgan fingerprint density at radius 3 is 1.41 bits per heavy atom. The first kappa shape index (κ1) is 75.3. The van der Waals surface area contributed by atoms with Crippen molar-refractivity contribution in [2.24, 2.45) is 5.73 Å². The molecule has 6 heterocycles. The first-order valence-electron chi connectivity index (χ1n) is 36.5. The normalized spacial score (nSPS) is 13.4. The number of alkyl carbamates (subject to hydrolysis) is 1. The number of rotatable bonds is 38. The van der Waals surface area contributed by atoms with Crippen molar-refractivity contribution in [1.29, 1.82) is 0 Å². The second kappa shape index (κ2) is 43.6. The van der Waals surface area contributed by atoms with Crippen LogP contribution in [0.25, 0.3) is 42.0 Å². The zero-order valence-electron chi connectivity index (χ0n) is 58.6. The topological polar surface area (TPSA) is 176 Å². The number of benzene rings is 5. The first-order valence-corrected chi connectivity index (χ1v) is 38.3. The van der Waals surface area contributed by atoms with Crippen molar-refractivity contribution >= 4 is 88.3 Å². The number of fused-ring (bicyclic) bond motifs is 4. The van der Waals surface area contributed by atoms with Gasteiger partial charge in [-0.05, 0) is 154 Å². The van der Waals surface area contributed by atoms with Crippen LogP contribution in [0.5, 0.6) is 29.0 Å². The van der Waals surface area contributed by atoms with E-state index >= 15 is 0 Å². The maximum absolute atomic E-state index is 12.0. The standard InChI is InChI=1S/C37H50N4O4S.C33H33N3O5S.C10H23N/c1-2-3-4-5-6-7-8-9-20-38-37(42)45-29-44-36-18-16-30-15-17-31(28-33(30)39-36)43-26-11-10-21-40-22-24-41(25-23-40)34-13-12-14-35-32(34)19-27-46-35;37-33(41-26-7-2-1-3-8-26)40-24-39-32-14-12-25-11-13-27(23-29(25)34-32)38-21-5-4-16-35-17-19-36(20-18-35)30-9-6-10-31-28(30)15-22-42-31;1-2-3-4-5-6-7-8-9-10-11/h12-19,27-28H,2-11,20-26,29H2,1H3,(H,38,42);1-3,6-15,22-23H,4-5,16-21,24H2;2-11H2,1H3. The number of carbonyl (C=O) groups excluding carboxylic acids is 2. The van der Waals surface area contributed by atoms with Crippen molar-refractivity contribution in [2.45, 2.75) is 142 Å². The number of unbranched alkanes of at least 4 members (excludes halogenated alkanes) is 16. The lowest BCUT2D eigenvalue weighted by Gasteiger charge is -2.36. The lowest BCUT2D eigenvalue weighted by Crippen LogP contribution is -2.46. The van der Waals surface area contributed by atoms with Gasteiger partial charge in [-0.15, -0.1) is 22.7 Å². The molecule has 0 aliphatic carbocycles. The Morgan fingerprint density at radius 2 is 0.919 bits per heavy atom. The molecular weight excluding hydrogens is 1280 g/mol. The highest BCUT2D eigenvalue weighted by molar-refractivity contribution is 7.17. The highest BCUT2D eigenvalue weighted by Crippen LogP contribution is 2.33. The minimum absolute atomic E-state index is 0.183. The highest BCUT2D eigenvalue weighted by Gasteiger charge is 2.21. The van der Waals surface area contributed by atoms with Crippen LogP contribution in [0.2, 0.25) is 0 Å². The van der Waals surface area contributed by atoms with Crippen molar-refractivity contribution in [3.8, 4) is 29.0 Å². The minimum Gasteiger partial charge on any atom is -0.494 e. The number of piperazine rings is 2. The molecular formula is C80H106N8O9S2. The van der Waals surface area contributed by atoms with Crippen LogP contribution in [0, 0.1) is 0 Å². The summed E-state index contributed by atoms with van der Waals surface area (Å²) in [7, 11) is 0. The highest BCUT2D eigenvalue weighted by atomic mass is 32.1. The van der Waals surface area contributed by atoms with E-state index in [-0.39, 0.29) is 13.6 Å². The predicted octanol–water partition coefficient (Wildman–Crippen LogP) is 18.7. The Bertz CT molecular complexity index is 3740. The predicted molar refractivity (Wildman–Crippen MR) is 407 cm³/mol. The van der Waals surface area contributed by atoms with E-state index in [9.17, 15) is 9.59 Å². The lowest BCUT2D eigenvalue weighted by molar-refractivity contribution is 0.0292. The first-order chi connectivity index (χ1) is 48.8. The molecule has 2 aliphatic rings. The largest absolute Gasteiger partial charge is 0.516 e. The summed E-state index contributed by atoms with van der Waals surface area (Å²) in [6, 6.07) is 45.6. The molecule has 1 amide bonds. The van der Waals surface area contributed by atoms with Gasteiger partial charge in [0.25, 0.3) is 0 Å². The third-order valence-electron chi connectivity index (χ3n) is 18.0. The van der Waals surface area contributed by atoms with Gasteiger partial charge in [-0.25, -0.2) is 19.6 Å². The molecule has 4 aromatic heterocycles. The van der Waals surface area contributed by atoms with Crippen LogP contribution in [-0.2, 0) is 9.47 Å². The Hall–Kier alpha value is -7.94. The van der Waals surface area contributed by atoms with Crippen LogP contribution in [0.3, 0.4) is 0 Å². The molecule has 0 bridgehead atoms. The summed E-state index contributed by atoms with van der Waals surface area (Å²) >= 11 is 3.62. The summed E-state index contributed by atoms with van der Waals surface area (Å²) in [4.78, 5) is 43.1. The number of amides is 1. The van der Waals surface area contributed by atoms with E-state index in [1.807, 2.05) is 77.3 Å². The molecule has 11 rings (SSSR count). The van der Waals surface area contributed by atoms with Crippen LogP contribution in [0.4, 0.5) is 21.0 Å². The van der Waals surface area contributed by atoms with Gasteiger partial charge in [-0.1, -0.05) is 134 Å². The minimum atomic E-state index is -0.841. The average molecular weight is 1390 g/mol. The number of hydrogen-bond donors (Lipinski definition) is 2. The molecule has 0 radical (unpaired) electrons. The van der Waals surface area contributed by atoms with Gasteiger partial charge in [0.1, 0.15) is 17.2 Å². The molecule has 0 unspecified atom stereocenters. The van der Waals surface area contributed by atoms with E-state index < -0.39 is 12.2 Å². The van der Waals surface area contributed by atoms with Crippen LogP contribution in [0.1, 0.15) is 142 Å². The summed E-state index contributed by atoms with van der Waals surface area (Å²) in [6.07, 6.45) is 23.7. The number of aromatic nitrogens is 2. The summed E-state index contributed by atoms with van der Waals surface area (Å²) in [6.45, 7) is 17.6. The molecule has 17 nitrogen and oxygen atoms in total. The molecule has 3 N–H and O–H groups in total. The van der Waals surface area contributed by atoms with Crippen molar-refractivity contribution < 1.29 is 42.7 Å². The van der Waals surface area contributed by atoms with Gasteiger partial charge >= 0.3 is 12.2 Å². The fourth-order valence-electron chi connectivity index (χ4n) is 12.4. The summed E-state index contributed by atoms with van der Waals surface area (Å²) in [5, 5.41) is 11.9. The van der Waals surface area contributed by atoms with Crippen LogP contribution in [-0.4, -0.2) is 137 Å². The van der Waals surface area contributed by atoms with E-state index in [1.165, 1.54) is 121 Å². The fourth-order valence-corrected chi connectivity index (χ4v) is 14.0. The fraction of sp³-hybridized carbons (Fsp3) is 0.475. The smallest absolute Gasteiger partial charge is 0.494 e. The molecule has 99 heavy (non-hydrogen) atoms. The number of nitrogens with two attached hydrogens (primary N) is 1. The van der Waals surface area contributed by atoms with Crippen molar-refractivity contribution in [3.05, 3.63) is 150 Å². The molecule has 0 saturated carbocycles. The molecule has 2 saturated heterocycles. The number of pyridine rings is 2. The number of ether oxygens (including phenoxy) is 7. The second-order valence-corrected chi connectivity index (χ2v) is 27.3. The number of nitrogens with one attached hydrogen (secondary N) is 1. The number of nitrogens with zero attached hydrogens (tertiary/aromatic N) is 6. The van der Waals surface area contributed by atoms with E-state index in [0.29, 0.717) is 37.3 Å². The van der Waals surface area contributed by atoms with Crippen LogP contribution >= 0.6 is 22.7 Å². The zero-order chi connectivity index (χ0) is 68.7. The maximum Gasteiger partial charge on any atom is 0.516 e. The lowest BCUT2D eigenvalue weighted by atomic mass is 10.1. The SMILES string of the molecule is CCCCCCCCCCN.CCCCCCCCCCNC(=O)OCOc1ccc2ccc(OCCCCN3CCN(c4cccc5sccc45)CC3)cc2n1.O=C(OCOc1ccc2ccc(OCCCCN3CCN(c4cccc5sccc45)CC3)cc2n1)Oc1ccccc1. The average Bonchev–Trinajstić information content (AvgIpc) is 1.82. The Morgan fingerprint density at radius 1 is 0.455 bits per heavy atom. The number of thiophene rings is 2. The zero-order valence-corrected chi connectivity index (χ0v) is 60.3. The van der Waals surface area contributed by atoms with E-state index in [1.54, 1.807) is 36.4 Å². The third-order valence-corrected chi connectivity index (χ3v) is 19.8. The number of para-hydroxylation sites is 1. The molecule has 0 spiro atoms. The van der Waals surface area contributed by atoms with Gasteiger partial charge < -0.3 is 54.0 Å². The number of carbonyl (C=O) groups is 2. The Kier molecular flexibility index (Phi) is 33.1. The number of hydrogen-bond acceptors (Lipinski definition) is 18. The monoisotopic (exact) mass is 1390 g/mol. The molecule has 532 valence electrons.